The molecular formula is C16H23Cl. The van der Waals surface area contributed by atoms with E-state index in [0.29, 0.717) is 11.3 Å². The summed E-state index contributed by atoms with van der Waals surface area (Å²) < 4.78 is 0. The molecule has 0 fully saturated rings. The van der Waals surface area contributed by atoms with Crippen molar-refractivity contribution in [2.24, 2.45) is 5.92 Å². The zero-order valence-corrected chi connectivity index (χ0v) is 11.8. The van der Waals surface area contributed by atoms with E-state index >= 15 is 0 Å². The van der Waals surface area contributed by atoms with E-state index in [1.165, 1.54) is 37.7 Å². The maximum atomic E-state index is 6.28. The molecule has 0 amide bonds. The highest BCUT2D eigenvalue weighted by Crippen LogP contribution is 2.24. The van der Waals surface area contributed by atoms with Crippen LogP contribution in [0.3, 0.4) is 0 Å². The van der Waals surface area contributed by atoms with E-state index in [0.717, 1.165) is 6.42 Å². The van der Waals surface area contributed by atoms with Gasteiger partial charge in [-0.2, -0.15) is 0 Å². The molecule has 2 rings (SSSR count). The smallest absolute Gasteiger partial charge is 0.0359 e. The molecule has 1 aromatic carbocycles. The lowest BCUT2D eigenvalue weighted by molar-refractivity contribution is 0.547. The minimum Gasteiger partial charge on any atom is -0.123 e. The molecular weight excluding hydrogens is 228 g/mol. The summed E-state index contributed by atoms with van der Waals surface area (Å²) in [6.07, 6.45) is 7.45. The number of hydrogen-bond donors (Lipinski definition) is 0. The summed E-state index contributed by atoms with van der Waals surface area (Å²) in [4.78, 5) is 0. The van der Waals surface area contributed by atoms with Gasteiger partial charge in [-0.15, -0.1) is 11.6 Å². The fourth-order valence-electron chi connectivity index (χ4n) is 2.62. The molecule has 1 atom stereocenters. The van der Waals surface area contributed by atoms with Crippen LogP contribution < -0.4 is 0 Å². The predicted octanol–water partition coefficient (Wildman–Crippen LogP) is 4.76. The highest BCUT2D eigenvalue weighted by Gasteiger charge is 2.12. The lowest BCUT2D eigenvalue weighted by Gasteiger charge is -2.13. The second kappa shape index (κ2) is 5.91. The summed E-state index contributed by atoms with van der Waals surface area (Å²) >= 11 is 6.28. The third kappa shape index (κ3) is 3.48. The molecule has 0 saturated carbocycles. The predicted molar refractivity (Wildman–Crippen MR) is 75.9 cm³/mol. The van der Waals surface area contributed by atoms with E-state index in [2.05, 4.69) is 32.0 Å². The fourth-order valence-corrected chi connectivity index (χ4v) is 2.77. The summed E-state index contributed by atoms with van der Waals surface area (Å²) in [7, 11) is 0. The molecule has 1 aromatic rings. The van der Waals surface area contributed by atoms with Gasteiger partial charge in [0.25, 0.3) is 0 Å². The van der Waals surface area contributed by atoms with Crippen LogP contribution in [0.15, 0.2) is 18.2 Å². The Labute approximate surface area is 110 Å². The van der Waals surface area contributed by atoms with Crippen LogP contribution in [-0.4, -0.2) is 5.38 Å². The van der Waals surface area contributed by atoms with Gasteiger partial charge in [0, 0.05) is 5.38 Å². The maximum Gasteiger partial charge on any atom is 0.0359 e. The van der Waals surface area contributed by atoms with Crippen LogP contribution in [0.25, 0.3) is 0 Å². The normalized spacial score (nSPS) is 16.2. The fraction of sp³-hybridized carbons (Fsp3) is 0.625. The van der Waals surface area contributed by atoms with Crippen LogP contribution in [0, 0.1) is 5.92 Å². The molecule has 0 N–H and O–H groups in total. The van der Waals surface area contributed by atoms with Crippen molar-refractivity contribution in [1.82, 2.24) is 0 Å². The zero-order chi connectivity index (χ0) is 12.3. The van der Waals surface area contributed by atoms with Gasteiger partial charge in [0.2, 0.25) is 0 Å². The number of halogens is 1. The van der Waals surface area contributed by atoms with E-state index in [1.807, 2.05) is 0 Å². The van der Waals surface area contributed by atoms with Gasteiger partial charge in [0.15, 0.2) is 0 Å². The van der Waals surface area contributed by atoms with Crippen LogP contribution in [0.2, 0.25) is 0 Å². The summed E-state index contributed by atoms with van der Waals surface area (Å²) in [5.74, 6) is 0.594. The van der Waals surface area contributed by atoms with Crippen LogP contribution in [-0.2, 0) is 19.3 Å². The van der Waals surface area contributed by atoms with Crippen molar-refractivity contribution in [3.05, 3.63) is 34.9 Å². The van der Waals surface area contributed by atoms with Crippen molar-refractivity contribution in [2.75, 3.05) is 0 Å². The molecule has 0 aliphatic heterocycles. The highest BCUT2D eigenvalue weighted by molar-refractivity contribution is 6.20. The molecule has 0 aromatic heterocycles. The molecule has 0 heterocycles. The first kappa shape index (κ1) is 13.0. The van der Waals surface area contributed by atoms with E-state index in [9.17, 15) is 0 Å². The van der Waals surface area contributed by atoms with Crippen LogP contribution in [0.4, 0.5) is 0 Å². The molecule has 0 saturated heterocycles. The van der Waals surface area contributed by atoms with Gasteiger partial charge in [-0.25, -0.2) is 0 Å². The molecule has 0 spiro atoms. The number of hydrogen-bond acceptors (Lipinski definition) is 0. The first-order chi connectivity index (χ1) is 8.16. The largest absolute Gasteiger partial charge is 0.123 e. The Hall–Kier alpha value is -0.490. The molecule has 0 nitrogen and oxygen atoms in total. The Morgan fingerprint density at radius 2 is 1.94 bits per heavy atom. The number of alkyl halides is 1. The monoisotopic (exact) mass is 250 g/mol. The second-order valence-electron chi connectivity index (χ2n) is 5.61. The first-order valence-electron chi connectivity index (χ1n) is 6.91. The van der Waals surface area contributed by atoms with Gasteiger partial charge in [0.05, 0.1) is 0 Å². The molecule has 17 heavy (non-hydrogen) atoms. The van der Waals surface area contributed by atoms with E-state index in [4.69, 9.17) is 11.6 Å². The first-order valence-corrected chi connectivity index (χ1v) is 7.35. The lowest BCUT2D eigenvalue weighted by atomic mass is 9.99. The molecule has 1 aliphatic carbocycles. The van der Waals surface area contributed by atoms with Crippen molar-refractivity contribution >= 4 is 11.6 Å². The Morgan fingerprint density at radius 3 is 2.71 bits per heavy atom. The molecule has 0 radical (unpaired) electrons. The van der Waals surface area contributed by atoms with Crippen molar-refractivity contribution in [3.63, 3.8) is 0 Å². The average Bonchev–Trinajstić information content (AvgIpc) is 2.75. The van der Waals surface area contributed by atoms with Gasteiger partial charge < -0.3 is 0 Å². The third-order valence-corrected chi connectivity index (χ3v) is 4.55. The Bertz CT molecular complexity index is 368. The number of fused-ring (bicyclic) bond motifs is 1. The molecule has 0 bridgehead atoms. The average molecular weight is 251 g/mol. The van der Waals surface area contributed by atoms with Crippen molar-refractivity contribution in [1.29, 1.82) is 0 Å². The molecule has 94 valence electrons. The molecule has 1 heteroatoms. The number of benzene rings is 1. The minimum atomic E-state index is 0.337. The maximum absolute atomic E-state index is 6.28. The number of rotatable bonds is 5. The van der Waals surface area contributed by atoms with Gasteiger partial charge in [-0.3, -0.25) is 0 Å². The van der Waals surface area contributed by atoms with Crippen LogP contribution >= 0.6 is 11.6 Å². The Morgan fingerprint density at radius 1 is 1.18 bits per heavy atom. The zero-order valence-electron chi connectivity index (χ0n) is 11.0. The summed E-state index contributed by atoms with van der Waals surface area (Å²) in [5.41, 5.74) is 4.67. The quantitative estimate of drug-likeness (QED) is 0.661. The summed E-state index contributed by atoms with van der Waals surface area (Å²) in [6, 6.07) is 7.06. The van der Waals surface area contributed by atoms with Crippen LogP contribution in [0.5, 0.6) is 0 Å². The highest BCUT2D eigenvalue weighted by atomic mass is 35.5. The van der Waals surface area contributed by atoms with Gasteiger partial charge in [-0.05, 0) is 61.1 Å². The van der Waals surface area contributed by atoms with Gasteiger partial charge in [0.1, 0.15) is 0 Å². The third-order valence-electron chi connectivity index (χ3n) is 3.83. The molecule has 1 aliphatic rings. The van der Waals surface area contributed by atoms with Crippen LogP contribution in [0.1, 0.15) is 49.8 Å². The Balaban J connectivity index is 1.83. The van der Waals surface area contributed by atoms with Crippen molar-refractivity contribution < 1.29 is 0 Å². The minimum absolute atomic E-state index is 0.337. The van der Waals surface area contributed by atoms with Gasteiger partial charge in [-0.1, -0.05) is 32.0 Å². The second-order valence-corrected chi connectivity index (χ2v) is 6.17. The van der Waals surface area contributed by atoms with Crippen molar-refractivity contribution in [3.8, 4) is 0 Å². The standard InChI is InChI=1S/C16H23Cl/c1-12(2)16(17)8-3-5-13-9-10-14-6-4-7-15(14)11-13/h9-12,16H,3-8H2,1-2H3. The van der Waals surface area contributed by atoms with Gasteiger partial charge >= 0.3 is 0 Å². The van der Waals surface area contributed by atoms with E-state index in [1.54, 1.807) is 11.1 Å². The van der Waals surface area contributed by atoms with Crippen molar-refractivity contribution in [2.45, 2.75) is 57.7 Å². The summed E-state index contributed by atoms with van der Waals surface area (Å²) in [6.45, 7) is 4.40. The number of aryl methyl sites for hydroxylation is 3. The Kier molecular flexibility index (Phi) is 4.50. The van der Waals surface area contributed by atoms with E-state index < -0.39 is 0 Å². The SMILES string of the molecule is CC(C)C(Cl)CCCc1ccc2c(c1)CCC2. The summed E-state index contributed by atoms with van der Waals surface area (Å²) in [5, 5.41) is 0.337. The lowest BCUT2D eigenvalue weighted by Crippen LogP contribution is -2.07. The topological polar surface area (TPSA) is 0 Å². The molecule has 1 unspecified atom stereocenters. The van der Waals surface area contributed by atoms with E-state index in [-0.39, 0.29) is 0 Å².